The van der Waals surface area contributed by atoms with Crippen LogP contribution in [0.1, 0.15) is 109 Å². The SMILES string of the molecule is CC(C)N([C@@H](C)c1ccccc1)P1OC2CCC3CCCCC3C2C2C(CCC3CCCCC32)O1. The van der Waals surface area contributed by atoms with Gasteiger partial charge in [-0.2, -0.15) is 0 Å². The summed E-state index contributed by atoms with van der Waals surface area (Å²) in [5, 5.41) is 0. The highest BCUT2D eigenvalue weighted by Gasteiger charge is 2.56. The Hall–Kier alpha value is -0.470. The molecular formula is C31H48NO2P. The molecule has 8 unspecified atom stereocenters. The molecule has 1 heterocycles. The quantitative estimate of drug-likeness (QED) is 0.388. The maximum atomic E-state index is 7.27. The third-order valence-electron chi connectivity index (χ3n) is 10.7. The van der Waals surface area contributed by atoms with E-state index in [1.54, 1.807) is 0 Å². The molecule has 0 radical (unpaired) electrons. The van der Waals surface area contributed by atoms with Crippen molar-refractivity contribution in [3.05, 3.63) is 35.9 Å². The van der Waals surface area contributed by atoms with Crippen LogP contribution in [0.15, 0.2) is 30.3 Å². The highest BCUT2D eigenvalue weighted by atomic mass is 31.2. The summed E-state index contributed by atoms with van der Waals surface area (Å²) in [6.07, 6.45) is 17.7. The minimum Gasteiger partial charge on any atom is -0.318 e. The van der Waals surface area contributed by atoms with Crippen molar-refractivity contribution >= 4 is 8.53 Å². The Morgan fingerprint density at radius 3 is 1.71 bits per heavy atom. The number of nitrogens with zero attached hydrogens (tertiary/aromatic N) is 1. The maximum Gasteiger partial charge on any atom is 0.260 e. The lowest BCUT2D eigenvalue weighted by atomic mass is 9.53. The molecule has 1 aromatic carbocycles. The van der Waals surface area contributed by atoms with Crippen LogP contribution in [-0.2, 0) is 9.05 Å². The van der Waals surface area contributed by atoms with Crippen molar-refractivity contribution < 1.29 is 9.05 Å². The van der Waals surface area contributed by atoms with E-state index < -0.39 is 8.53 Å². The van der Waals surface area contributed by atoms with Gasteiger partial charge in [0.15, 0.2) is 0 Å². The first-order valence-corrected chi connectivity index (χ1v) is 16.2. The van der Waals surface area contributed by atoms with Gasteiger partial charge in [-0.05, 0) is 100 Å². The van der Waals surface area contributed by atoms with Crippen molar-refractivity contribution in [2.75, 3.05) is 0 Å². The molecule has 1 saturated heterocycles. The zero-order valence-corrected chi connectivity index (χ0v) is 23.3. The van der Waals surface area contributed by atoms with Gasteiger partial charge in [-0.25, -0.2) is 4.67 Å². The first kappa shape index (κ1) is 24.8. The molecule has 5 aliphatic rings. The lowest BCUT2D eigenvalue weighted by Gasteiger charge is -2.53. The zero-order chi connectivity index (χ0) is 23.9. The number of fused-ring (bicyclic) bond motifs is 7. The highest BCUT2D eigenvalue weighted by molar-refractivity contribution is 7.44. The average Bonchev–Trinajstić information content (AvgIpc) is 3.06. The molecule has 3 nitrogen and oxygen atoms in total. The van der Waals surface area contributed by atoms with E-state index in [1.807, 2.05) is 0 Å². The second-order valence-electron chi connectivity index (χ2n) is 12.8. The van der Waals surface area contributed by atoms with Gasteiger partial charge in [0, 0.05) is 12.1 Å². The molecule has 1 aliphatic heterocycles. The van der Waals surface area contributed by atoms with E-state index in [9.17, 15) is 0 Å². The van der Waals surface area contributed by atoms with E-state index in [1.165, 1.54) is 82.6 Å². The van der Waals surface area contributed by atoms with E-state index in [-0.39, 0.29) is 0 Å². The Kier molecular flexibility index (Phi) is 7.61. The summed E-state index contributed by atoms with van der Waals surface area (Å²) in [7, 11) is -1.07. The van der Waals surface area contributed by atoms with Crippen LogP contribution >= 0.6 is 8.53 Å². The molecular weight excluding hydrogens is 449 g/mol. The molecule has 5 fully saturated rings. The second kappa shape index (κ2) is 10.7. The first-order valence-electron chi connectivity index (χ1n) is 15.1. The average molecular weight is 498 g/mol. The van der Waals surface area contributed by atoms with Gasteiger partial charge in [-0.15, -0.1) is 0 Å². The normalized spacial score (nSPS) is 42.4. The molecule has 194 valence electrons. The maximum absolute atomic E-state index is 7.27. The molecule has 0 aromatic heterocycles. The number of hydrogen-bond donors (Lipinski definition) is 0. The zero-order valence-electron chi connectivity index (χ0n) is 22.4. The van der Waals surface area contributed by atoms with Gasteiger partial charge in [0.05, 0.1) is 12.2 Å². The smallest absolute Gasteiger partial charge is 0.260 e. The summed E-state index contributed by atoms with van der Waals surface area (Å²) >= 11 is 0. The topological polar surface area (TPSA) is 21.7 Å². The molecule has 4 aliphatic carbocycles. The Morgan fingerprint density at radius 2 is 1.20 bits per heavy atom. The molecule has 4 heteroatoms. The fraction of sp³-hybridized carbons (Fsp3) is 0.806. The van der Waals surface area contributed by atoms with Crippen LogP contribution in [0.4, 0.5) is 0 Å². The summed E-state index contributed by atoms with van der Waals surface area (Å²) in [6, 6.07) is 11.7. The fourth-order valence-electron chi connectivity index (χ4n) is 9.24. The minimum atomic E-state index is -1.07. The van der Waals surface area contributed by atoms with Gasteiger partial charge in [0.25, 0.3) is 8.53 Å². The van der Waals surface area contributed by atoms with Gasteiger partial charge in [0.2, 0.25) is 0 Å². The lowest BCUT2D eigenvalue weighted by Crippen LogP contribution is -2.51. The molecule has 4 saturated carbocycles. The summed E-state index contributed by atoms with van der Waals surface area (Å²) in [4.78, 5) is 0. The predicted octanol–water partition coefficient (Wildman–Crippen LogP) is 8.90. The molecule has 9 atom stereocenters. The Bertz CT molecular complexity index is 793. The summed E-state index contributed by atoms with van der Waals surface area (Å²) in [5.41, 5.74) is 1.38. The third-order valence-corrected chi connectivity index (χ3v) is 12.8. The predicted molar refractivity (Wildman–Crippen MR) is 145 cm³/mol. The van der Waals surface area contributed by atoms with E-state index >= 15 is 0 Å². The molecule has 0 bridgehead atoms. The molecule has 0 spiro atoms. The molecule has 1 aromatic rings. The summed E-state index contributed by atoms with van der Waals surface area (Å²) < 4.78 is 17.1. The summed E-state index contributed by atoms with van der Waals surface area (Å²) in [5.74, 6) is 5.14. The third kappa shape index (κ3) is 4.78. The van der Waals surface area contributed by atoms with Crippen LogP contribution in [0, 0.1) is 35.5 Å². The molecule has 6 rings (SSSR count). The first-order chi connectivity index (χ1) is 17.1. The van der Waals surface area contributed by atoms with Crippen LogP contribution in [-0.4, -0.2) is 22.9 Å². The highest BCUT2D eigenvalue weighted by Crippen LogP contribution is 2.63. The van der Waals surface area contributed by atoms with Crippen LogP contribution in [0.5, 0.6) is 0 Å². The van der Waals surface area contributed by atoms with Crippen LogP contribution in [0.2, 0.25) is 0 Å². The van der Waals surface area contributed by atoms with Crippen molar-refractivity contribution in [1.29, 1.82) is 0 Å². The standard InChI is InChI=1S/C31H48NO2P/c1-21(2)32(22(3)23-11-5-4-6-12-23)35-33-28-19-17-24-13-7-9-15-26(24)30(28)31-27-16-10-8-14-25(27)18-20-29(31)34-35/h4-6,11-12,21-22,24-31H,7-10,13-20H2,1-3H3/t22-,24?,25?,26?,27?,28?,29?,30?,31?,35?/m0/s1. The number of hydrogen-bond acceptors (Lipinski definition) is 3. The van der Waals surface area contributed by atoms with Crippen LogP contribution < -0.4 is 0 Å². The lowest BCUT2D eigenvalue weighted by molar-refractivity contribution is -0.0856. The van der Waals surface area contributed by atoms with Crippen molar-refractivity contribution in [2.45, 2.75) is 122 Å². The Labute approximate surface area is 215 Å². The van der Waals surface area contributed by atoms with Crippen molar-refractivity contribution in [2.24, 2.45) is 35.5 Å². The molecule has 0 amide bonds. The Balaban J connectivity index is 1.35. The van der Waals surface area contributed by atoms with Crippen molar-refractivity contribution in [3.63, 3.8) is 0 Å². The van der Waals surface area contributed by atoms with Crippen molar-refractivity contribution in [3.8, 4) is 0 Å². The fourth-order valence-corrected chi connectivity index (χ4v) is 11.3. The number of benzene rings is 1. The van der Waals surface area contributed by atoms with Gasteiger partial charge in [-0.1, -0.05) is 68.9 Å². The van der Waals surface area contributed by atoms with Gasteiger partial charge >= 0.3 is 0 Å². The van der Waals surface area contributed by atoms with E-state index in [0.29, 0.717) is 24.3 Å². The van der Waals surface area contributed by atoms with Crippen molar-refractivity contribution in [1.82, 2.24) is 4.67 Å². The van der Waals surface area contributed by atoms with Crippen LogP contribution in [0.25, 0.3) is 0 Å². The Morgan fingerprint density at radius 1 is 0.686 bits per heavy atom. The monoisotopic (exact) mass is 497 g/mol. The minimum absolute atomic E-state index is 0.300. The van der Waals surface area contributed by atoms with E-state index in [4.69, 9.17) is 9.05 Å². The van der Waals surface area contributed by atoms with Gasteiger partial charge in [-0.3, -0.25) is 0 Å². The molecule has 35 heavy (non-hydrogen) atoms. The summed E-state index contributed by atoms with van der Waals surface area (Å²) in [6.45, 7) is 7.04. The largest absolute Gasteiger partial charge is 0.318 e. The number of rotatable bonds is 4. The second-order valence-corrected chi connectivity index (χ2v) is 14.2. The van der Waals surface area contributed by atoms with E-state index in [2.05, 4.69) is 55.8 Å². The van der Waals surface area contributed by atoms with Gasteiger partial charge < -0.3 is 9.05 Å². The van der Waals surface area contributed by atoms with E-state index in [0.717, 1.165) is 35.5 Å². The van der Waals surface area contributed by atoms with Gasteiger partial charge in [0.1, 0.15) is 0 Å². The van der Waals surface area contributed by atoms with Crippen LogP contribution in [0.3, 0.4) is 0 Å². The molecule has 0 N–H and O–H groups in total.